The summed E-state index contributed by atoms with van der Waals surface area (Å²) in [4.78, 5) is 14.1. The van der Waals surface area contributed by atoms with Gasteiger partial charge in [0.05, 0.1) is 19.6 Å². The monoisotopic (exact) mass is 321 g/mol. The minimum Gasteiger partial charge on any atom is -0.461 e. The number of likely N-dealkylation sites (tertiary alicyclic amines) is 1. The molecule has 0 radical (unpaired) electrons. The molecular weight excluding hydrogens is 294 g/mol. The summed E-state index contributed by atoms with van der Waals surface area (Å²) in [5.74, 6) is -0.162. The molecule has 1 heterocycles. The number of nitrogens with zero attached hydrogens (tertiary/aromatic N) is 1. The maximum absolute atomic E-state index is 11.8. The van der Waals surface area contributed by atoms with Gasteiger partial charge in [-0.2, -0.15) is 0 Å². The van der Waals surface area contributed by atoms with E-state index < -0.39 is 0 Å². The highest BCUT2D eigenvalue weighted by Gasteiger charge is 2.34. The van der Waals surface area contributed by atoms with E-state index >= 15 is 0 Å². The molecule has 1 aliphatic heterocycles. The number of piperidine rings is 1. The van der Waals surface area contributed by atoms with Crippen LogP contribution < -0.4 is 0 Å². The lowest BCUT2D eigenvalue weighted by Crippen LogP contribution is -2.44. The molecular formula is C18H27NO4. The minimum absolute atomic E-state index is 0.112. The lowest BCUT2D eigenvalue weighted by molar-refractivity contribution is -0.145. The van der Waals surface area contributed by atoms with Crippen LogP contribution in [-0.4, -0.2) is 55.9 Å². The zero-order chi connectivity index (χ0) is 16.5. The fourth-order valence-corrected chi connectivity index (χ4v) is 2.96. The topological polar surface area (TPSA) is 59.0 Å². The summed E-state index contributed by atoms with van der Waals surface area (Å²) in [7, 11) is 1.67. The summed E-state index contributed by atoms with van der Waals surface area (Å²) in [6.45, 7) is 3.57. The summed E-state index contributed by atoms with van der Waals surface area (Å²) in [6.07, 6.45) is 2.20. The predicted molar refractivity (Wildman–Crippen MR) is 87.9 cm³/mol. The normalized spacial score (nSPS) is 17.8. The third-order valence-corrected chi connectivity index (χ3v) is 4.58. The van der Waals surface area contributed by atoms with E-state index in [-0.39, 0.29) is 18.0 Å². The molecule has 0 spiro atoms. The Morgan fingerprint density at radius 1 is 1.26 bits per heavy atom. The number of hydrogen-bond acceptors (Lipinski definition) is 5. The Balaban J connectivity index is 1.66. The molecule has 0 atom stereocenters. The molecule has 2 rings (SSSR count). The zero-order valence-corrected chi connectivity index (χ0v) is 13.9. The molecule has 1 N–H and O–H groups in total. The predicted octanol–water partition coefficient (Wildman–Crippen LogP) is 1.84. The first-order valence-electron chi connectivity index (χ1n) is 8.19. The van der Waals surface area contributed by atoms with Crippen molar-refractivity contribution in [3.8, 4) is 0 Å². The molecule has 23 heavy (non-hydrogen) atoms. The number of hydrogen-bond donors (Lipinski definition) is 1. The van der Waals surface area contributed by atoms with Gasteiger partial charge in [-0.05, 0) is 31.5 Å². The fourth-order valence-electron chi connectivity index (χ4n) is 2.96. The van der Waals surface area contributed by atoms with Gasteiger partial charge in [-0.15, -0.1) is 0 Å². The van der Waals surface area contributed by atoms with Gasteiger partial charge in [0.1, 0.15) is 6.61 Å². The van der Waals surface area contributed by atoms with Crippen molar-refractivity contribution in [2.75, 3.05) is 40.0 Å². The SMILES string of the molecule is COCC1(CO)CCN(CCC(=O)OCc2ccccc2)CC1. The molecule has 0 aliphatic carbocycles. The van der Waals surface area contributed by atoms with Crippen molar-refractivity contribution in [3.05, 3.63) is 35.9 Å². The highest BCUT2D eigenvalue weighted by molar-refractivity contribution is 5.69. The van der Waals surface area contributed by atoms with Crippen molar-refractivity contribution >= 4 is 5.97 Å². The molecule has 1 aromatic carbocycles. The summed E-state index contributed by atoms with van der Waals surface area (Å²) in [6, 6.07) is 9.71. The molecule has 0 amide bonds. The highest BCUT2D eigenvalue weighted by atomic mass is 16.5. The van der Waals surface area contributed by atoms with Crippen molar-refractivity contribution in [2.45, 2.75) is 25.9 Å². The fraction of sp³-hybridized carbons (Fsp3) is 0.611. The van der Waals surface area contributed by atoms with Crippen molar-refractivity contribution in [1.29, 1.82) is 0 Å². The van der Waals surface area contributed by atoms with Crippen LogP contribution in [0, 0.1) is 5.41 Å². The third-order valence-electron chi connectivity index (χ3n) is 4.58. The van der Waals surface area contributed by atoms with Crippen molar-refractivity contribution < 1.29 is 19.4 Å². The van der Waals surface area contributed by atoms with E-state index in [2.05, 4.69) is 4.90 Å². The Morgan fingerprint density at radius 2 is 1.96 bits per heavy atom. The average molecular weight is 321 g/mol. The Hall–Kier alpha value is -1.43. The van der Waals surface area contributed by atoms with Gasteiger partial charge in [-0.25, -0.2) is 0 Å². The number of benzene rings is 1. The van der Waals surface area contributed by atoms with Crippen molar-refractivity contribution in [3.63, 3.8) is 0 Å². The molecule has 0 unspecified atom stereocenters. The van der Waals surface area contributed by atoms with Gasteiger partial charge in [0.15, 0.2) is 0 Å². The quantitative estimate of drug-likeness (QED) is 0.741. The molecule has 128 valence electrons. The standard InChI is InChI=1S/C18H27NO4/c1-22-15-18(14-20)8-11-19(12-9-18)10-7-17(21)23-13-16-5-3-2-4-6-16/h2-6,20H,7-15H2,1H3. The third kappa shape index (κ3) is 5.61. The summed E-state index contributed by atoms with van der Waals surface area (Å²) in [5.41, 5.74) is 0.894. The van der Waals surface area contributed by atoms with Gasteiger partial charge in [0.2, 0.25) is 0 Å². The number of rotatable bonds is 8. The van der Waals surface area contributed by atoms with E-state index in [9.17, 15) is 9.90 Å². The van der Waals surface area contributed by atoms with Gasteiger partial charge in [0, 0.05) is 19.1 Å². The molecule has 1 aliphatic rings. The maximum Gasteiger partial charge on any atom is 0.307 e. The van der Waals surface area contributed by atoms with E-state index in [4.69, 9.17) is 9.47 Å². The first-order valence-corrected chi connectivity index (χ1v) is 8.19. The number of methoxy groups -OCH3 is 1. The van der Waals surface area contributed by atoms with E-state index in [1.807, 2.05) is 30.3 Å². The van der Waals surface area contributed by atoms with Crippen LogP contribution in [-0.2, 0) is 20.9 Å². The number of aliphatic hydroxyl groups is 1. The van der Waals surface area contributed by atoms with E-state index in [0.717, 1.165) is 31.5 Å². The van der Waals surface area contributed by atoms with E-state index in [1.165, 1.54) is 0 Å². The second-order valence-corrected chi connectivity index (χ2v) is 6.33. The first kappa shape index (κ1) is 17.9. The van der Waals surface area contributed by atoms with E-state index in [0.29, 0.717) is 26.2 Å². The van der Waals surface area contributed by atoms with E-state index in [1.54, 1.807) is 7.11 Å². The second-order valence-electron chi connectivity index (χ2n) is 6.33. The molecule has 5 heteroatoms. The summed E-state index contributed by atoms with van der Waals surface area (Å²) < 4.78 is 10.5. The van der Waals surface area contributed by atoms with Crippen LogP contribution >= 0.6 is 0 Å². The van der Waals surface area contributed by atoms with Gasteiger partial charge in [-0.1, -0.05) is 30.3 Å². The van der Waals surface area contributed by atoms with Gasteiger partial charge in [0.25, 0.3) is 0 Å². The van der Waals surface area contributed by atoms with Crippen LogP contribution in [0.2, 0.25) is 0 Å². The average Bonchev–Trinajstić information content (AvgIpc) is 2.60. The number of aliphatic hydroxyl groups excluding tert-OH is 1. The molecule has 1 fully saturated rings. The molecule has 0 aromatic heterocycles. The lowest BCUT2D eigenvalue weighted by Gasteiger charge is -2.40. The van der Waals surface area contributed by atoms with Crippen LogP contribution in [0.4, 0.5) is 0 Å². The molecule has 1 aromatic rings. The molecule has 5 nitrogen and oxygen atoms in total. The molecule has 0 saturated carbocycles. The Morgan fingerprint density at radius 3 is 2.57 bits per heavy atom. The van der Waals surface area contributed by atoms with Crippen LogP contribution in [0.3, 0.4) is 0 Å². The van der Waals surface area contributed by atoms with Gasteiger partial charge in [-0.3, -0.25) is 4.79 Å². The van der Waals surface area contributed by atoms with Crippen LogP contribution in [0.15, 0.2) is 30.3 Å². The Bertz CT molecular complexity index is 469. The second kappa shape index (κ2) is 9.01. The van der Waals surface area contributed by atoms with Crippen LogP contribution in [0.5, 0.6) is 0 Å². The number of ether oxygens (including phenoxy) is 2. The number of esters is 1. The summed E-state index contributed by atoms with van der Waals surface area (Å²) in [5, 5.41) is 9.58. The van der Waals surface area contributed by atoms with Crippen LogP contribution in [0.25, 0.3) is 0 Å². The van der Waals surface area contributed by atoms with Gasteiger partial charge >= 0.3 is 5.97 Å². The highest BCUT2D eigenvalue weighted by Crippen LogP contribution is 2.31. The first-order chi connectivity index (χ1) is 11.2. The number of carbonyl (C=O) groups is 1. The lowest BCUT2D eigenvalue weighted by atomic mass is 9.80. The van der Waals surface area contributed by atoms with Crippen molar-refractivity contribution in [2.24, 2.45) is 5.41 Å². The van der Waals surface area contributed by atoms with Crippen LogP contribution in [0.1, 0.15) is 24.8 Å². The Labute approximate surface area is 138 Å². The maximum atomic E-state index is 11.8. The minimum atomic E-state index is -0.162. The van der Waals surface area contributed by atoms with Gasteiger partial charge < -0.3 is 19.5 Å². The molecule has 1 saturated heterocycles. The summed E-state index contributed by atoms with van der Waals surface area (Å²) >= 11 is 0. The Kier molecular flexibility index (Phi) is 7.02. The van der Waals surface area contributed by atoms with Crippen molar-refractivity contribution in [1.82, 2.24) is 4.90 Å². The zero-order valence-electron chi connectivity index (χ0n) is 13.9. The smallest absolute Gasteiger partial charge is 0.307 e. The number of carbonyl (C=O) groups excluding carboxylic acids is 1. The largest absolute Gasteiger partial charge is 0.461 e. The molecule has 0 bridgehead atoms.